The number of carbonyl (C=O) groups is 1. The van der Waals surface area contributed by atoms with Crippen molar-refractivity contribution >= 4 is 5.91 Å². The highest BCUT2D eigenvalue weighted by Gasteiger charge is 2.39. The molecule has 6 nitrogen and oxygen atoms in total. The van der Waals surface area contributed by atoms with Crippen LogP contribution in [0, 0.1) is 0 Å². The molecule has 5 rings (SSSR count). The van der Waals surface area contributed by atoms with Crippen molar-refractivity contribution in [1.82, 2.24) is 9.80 Å². The summed E-state index contributed by atoms with van der Waals surface area (Å²) < 4.78 is 16.2. The highest BCUT2D eigenvalue weighted by molar-refractivity contribution is 5.94. The van der Waals surface area contributed by atoms with Crippen LogP contribution in [0.25, 0.3) is 0 Å². The van der Waals surface area contributed by atoms with E-state index in [-0.39, 0.29) is 11.3 Å². The monoisotopic (exact) mass is 486 g/mol. The zero-order chi connectivity index (χ0) is 25.0. The number of hydrogen-bond acceptors (Lipinski definition) is 5. The van der Waals surface area contributed by atoms with Gasteiger partial charge in [-0.1, -0.05) is 36.4 Å². The van der Waals surface area contributed by atoms with Gasteiger partial charge < -0.3 is 19.1 Å². The maximum absolute atomic E-state index is 12.9. The van der Waals surface area contributed by atoms with E-state index in [0.717, 1.165) is 55.1 Å². The van der Waals surface area contributed by atoms with Crippen LogP contribution >= 0.6 is 0 Å². The zero-order valence-corrected chi connectivity index (χ0v) is 21.1. The average Bonchev–Trinajstić information content (AvgIpc) is 3.48. The van der Waals surface area contributed by atoms with E-state index >= 15 is 0 Å². The van der Waals surface area contributed by atoms with Gasteiger partial charge in [0.15, 0.2) is 0 Å². The Labute approximate surface area is 213 Å². The number of methoxy groups -OCH3 is 2. The lowest BCUT2D eigenvalue weighted by Crippen LogP contribution is -2.46. The van der Waals surface area contributed by atoms with E-state index in [1.54, 1.807) is 19.1 Å². The Balaban J connectivity index is 1.42. The van der Waals surface area contributed by atoms with E-state index < -0.39 is 0 Å². The van der Waals surface area contributed by atoms with Gasteiger partial charge in [-0.25, -0.2) is 0 Å². The van der Waals surface area contributed by atoms with Crippen molar-refractivity contribution in [3.8, 4) is 11.5 Å². The van der Waals surface area contributed by atoms with Crippen LogP contribution in [0.1, 0.15) is 39.9 Å². The van der Waals surface area contributed by atoms with Crippen LogP contribution in [-0.2, 0) is 16.7 Å². The Bertz CT molecular complexity index is 1120. The van der Waals surface area contributed by atoms with Crippen molar-refractivity contribution in [3.05, 3.63) is 95.1 Å². The molecule has 1 amide bonds. The number of ether oxygens (including phenoxy) is 3. The smallest absolute Gasteiger partial charge is 0.255 e. The van der Waals surface area contributed by atoms with Gasteiger partial charge in [0, 0.05) is 30.6 Å². The summed E-state index contributed by atoms with van der Waals surface area (Å²) in [5.41, 5.74) is 4.32. The van der Waals surface area contributed by atoms with Crippen molar-refractivity contribution in [2.75, 3.05) is 47.2 Å². The molecule has 6 heteroatoms. The summed E-state index contributed by atoms with van der Waals surface area (Å²) in [6.07, 6.45) is 2.15. The van der Waals surface area contributed by atoms with E-state index in [4.69, 9.17) is 14.2 Å². The van der Waals surface area contributed by atoms with Crippen LogP contribution in [0.3, 0.4) is 0 Å². The minimum absolute atomic E-state index is 0.0406. The molecule has 36 heavy (non-hydrogen) atoms. The first-order chi connectivity index (χ1) is 17.6. The normalized spacial score (nSPS) is 17.7. The first-order valence-corrected chi connectivity index (χ1v) is 12.6. The van der Waals surface area contributed by atoms with Gasteiger partial charge in [-0.3, -0.25) is 9.69 Å². The van der Waals surface area contributed by atoms with Crippen LogP contribution in [0.2, 0.25) is 0 Å². The molecule has 0 N–H and O–H groups in total. The van der Waals surface area contributed by atoms with Crippen molar-refractivity contribution in [3.63, 3.8) is 0 Å². The number of benzene rings is 3. The third-order valence-electron chi connectivity index (χ3n) is 7.48. The standard InChI is InChI=1S/C30H34N2O4/c1-34-27-11-7-25(8-12-27)30(26-9-13-28(35-2)14-10-26)15-4-16-31(21-30)20-23-5-3-6-24(19-23)29(33)32-17-18-36-22-32/h3,5-14,19H,4,15-18,20-22H2,1-2H3. The second-order valence-corrected chi connectivity index (χ2v) is 9.66. The molecule has 3 aromatic carbocycles. The van der Waals surface area contributed by atoms with E-state index in [1.165, 1.54) is 11.1 Å². The average molecular weight is 487 g/mol. The second-order valence-electron chi connectivity index (χ2n) is 9.66. The molecule has 0 unspecified atom stereocenters. The van der Waals surface area contributed by atoms with Crippen LogP contribution in [0.4, 0.5) is 0 Å². The number of piperidine rings is 1. The number of likely N-dealkylation sites (tertiary alicyclic amines) is 1. The van der Waals surface area contributed by atoms with Gasteiger partial charge in [0.25, 0.3) is 5.91 Å². The molecule has 2 saturated heterocycles. The highest BCUT2D eigenvalue weighted by Crippen LogP contribution is 2.41. The lowest BCUT2D eigenvalue weighted by molar-refractivity contribution is 0.0694. The predicted molar refractivity (Wildman–Crippen MR) is 140 cm³/mol. The fourth-order valence-electron chi connectivity index (χ4n) is 5.55. The topological polar surface area (TPSA) is 51.2 Å². The van der Waals surface area contributed by atoms with Gasteiger partial charge in [0.2, 0.25) is 0 Å². The summed E-state index contributed by atoms with van der Waals surface area (Å²) in [7, 11) is 3.40. The molecule has 0 saturated carbocycles. The fourth-order valence-corrected chi connectivity index (χ4v) is 5.55. The Morgan fingerprint density at radius 1 is 0.917 bits per heavy atom. The van der Waals surface area contributed by atoms with Crippen molar-refractivity contribution in [1.29, 1.82) is 0 Å². The predicted octanol–water partition coefficient (Wildman–Crippen LogP) is 4.72. The Kier molecular flexibility index (Phi) is 7.25. The molecular formula is C30H34N2O4. The van der Waals surface area contributed by atoms with E-state index in [2.05, 4.69) is 59.5 Å². The first kappa shape index (κ1) is 24.3. The molecule has 2 aliphatic heterocycles. The molecule has 2 fully saturated rings. The molecule has 3 aromatic rings. The van der Waals surface area contributed by atoms with Crippen LogP contribution in [0.5, 0.6) is 11.5 Å². The second kappa shape index (κ2) is 10.7. The summed E-state index contributed by atoms with van der Waals surface area (Å²) in [6, 6.07) is 25.1. The zero-order valence-electron chi connectivity index (χ0n) is 21.1. The Hall–Kier alpha value is -3.35. The van der Waals surface area contributed by atoms with Crippen molar-refractivity contribution < 1.29 is 19.0 Å². The number of hydrogen-bond donors (Lipinski definition) is 0. The summed E-state index contributed by atoms with van der Waals surface area (Å²) in [5, 5.41) is 0. The maximum Gasteiger partial charge on any atom is 0.255 e. The summed E-state index contributed by atoms with van der Waals surface area (Å²) in [4.78, 5) is 17.2. The minimum Gasteiger partial charge on any atom is -0.497 e. The van der Waals surface area contributed by atoms with Crippen LogP contribution in [-0.4, -0.2) is 62.9 Å². The maximum atomic E-state index is 12.9. The first-order valence-electron chi connectivity index (χ1n) is 12.6. The molecule has 0 radical (unpaired) electrons. The Morgan fingerprint density at radius 2 is 1.58 bits per heavy atom. The molecule has 2 heterocycles. The number of nitrogens with zero attached hydrogens (tertiary/aromatic N) is 2. The SMILES string of the molecule is COc1ccc(C2(c3ccc(OC)cc3)CCCN(Cc3cccc(C(=O)N4CCOC4)c3)C2)cc1. The molecule has 0 spiro atoms. The van der Waals surface area contributed by atoms with Crippen LogP contribution < -0.4 is 9.47 Å². The molecule has 2 aliphatic rings. The van der Waals surface area contributed by atoms with E-state index in [0.29, 0.717) is 19.9 Å². The van der Waals surface area contributed by atoms with Crippen molar-refractivity contribution in [2.45, 2.75) is 24.8 Å². The van der Waals surface area contributed by atoms with E-state index in [1.807, 2.05) is 18.2 Å². The molecule has 0 bridgehead atoms. The molecule has 0 aromatic heterocycles. The van der Waals surface area contributed by atoms with Gasteiger partial charge in [0.1, 0.15) is 18.2 Å². The largest absolute Gasteiger partial charge is 0.497 e. The number of amides is 1. The van der Waals surface area contributed by atoms with Gasteiger partial charge in [0.05, 0.1) is 20.8 Å². The lowest BCUT2D eigenvalue weighted by Gasteiger charge is -2.44. The van der Waals surface area contributed by atoms with Gasteiger partial charge >= 0.3 is 0 Å². The van der Waals surface area contributed by atoms with Gasteiger partial charge in [-0.15, -0.1) is 0 Å². The Morgan fingerprint density at radius 3 is 2.17 bits per heavy atom. The lowest BCUT2D eigenvalue weighted by atomic mass is 9.69. The number of rotatable bonds is 7. The van der Waals surface area contributed by atoms with E-state index in [9.17, 15) is 4.79 Å². The fraction of sp³-hybridized carbons (Fsp3) is 0.367. The summed E-state index contributed by atoms with van der Waals surface area (Å²) in [5.74, 6) is 1.76. The third-order valence-corrected chi connectivity index (χ3v) is 7.48. The molecular weight excluding hydrogens is 452 g/mol. The summed E-state index contributed by atoms with van der Waals surface area (Å²) in [6.45, 7) is 4.35. The van der Waals surface area contributed by atoms with Gasteiger partial charge in [-0.05, 0) is 72.5 Å². The highest BCUT2D eigenvalue weighted by atomic mass is 16.5. The molecule has 0 aliphatic carbocycles. The van der Waals surface area contributed by atoms with Crippen LogP contribution in [0.15, 0.2) is 72.8 Å². The number of carbonyl (C=O) groups excluding carboxylic acids is 1. The minimum atomic E-state index is -0.142. The quantitative estimate of drug-likeness (QED) is 0.484. The summed E-state index contributed by atoms with van der Waals surface area (Å²) >= 11 is 0. The van der Waals surface area contributed by atoms with Crippen molar-refractivity contribution in [2.24, 2.45) is 0 Å². The molecule has 188 valence electrons. The van der Waals surface area contributed by atoms with Gasteiger partial charge in [-0.2, -0.15) is 0 Å². The third kappa shape index (κ3) is 4.97. The molecule has 0 atom stereocenters.